The van der Waals surface area contributed by atoms with Gasteiger partial charge in [0.05, 0.1) is 24.0 Å². The quantitative estimate of drug-likeness (QED) is 0.830. The third kappa shape index (κ3) is 3.24. The van der Waals surface area contributed by atoms with E-state index in [0.29, 0.717) is 29.8 Å². The smallest absolute Gasteiger partial charge is 0.234 e. The van der Waals surface area contributed by atoms with Crippen LogP contribution in [-0.4, -0.2) is 31.4 Å². The van der Waals surface area contributed by atoms with E-state index in [1.807, 2.05) is 6.07 Å². The van der Waals surface area contributed by atoms with Crippen molar-refractivity contribution in [1.29, 1.82) is 0 Å². The third-order valence-electron chi connectivity index (χ3n) is 4.47. The van der Waals surface area contributed by atoms with Crippen molar-refractivity contribution in [3.05, 3.63) is 24.3 Å². The number of carbonyl (C=O) groups is 1. The molecule has 2 aliphatic rings. The summed E-state index contributed by atoms with van der Waals surface area (Å²) in [6.07, 6.45) is 9.96. The van der Waals surface area contributed by atoms with E-state index in [9.17, 15) is 4.79 Å². The van der Waals surface area contributed by atoms with Crippen molar-refractivity contribution in [1.82, 2.24) is 19.7 Å². The predicted octanol–water partition coefficient (Wildman–Crippen LogP) is 2.83. The summed E-state index contributed by atoms with van der Waals surface area (Å²) in [6, 6.07) is 2.58. The molecule has 1 saturated carbocycles. The Labute approximate surface area is 144 Å². The maximum Gasteiger partial charge on any atom is 0.234 e. The number of nitrogens with zero attached hydrogens (tertiary/aromatic N) is 4. The van der Waals surface area contributed by atoms with Crippen LogP contribution in [0, 0.1) is 0 Å². The molecule has 4 rings (SSSR count). The summed E-state index contributed by atoms with van der Waals surface area (Å²) in [5, 5.41) is 11.6. The van der Waals surface area contributed by atoms with E-state index >= 15 is 0 Å². The van der Waals surface area contributed by atoms with Crippen LogP contribution in [0.1, 0.15) is 43.8 Å². The van der Waals surface area contributed by atoms with Crippen LogP contribution in [-0.2, 0) is 11.3 Å². The van der Waals surface area contributed by atoms with E-state index in [1.54, 1.807) is 0 Å². The van der Waals surface area contributed by atoms with Crippen molar-refractivity contribution in [2.45, 2.75) is 49.7 Å². The van der Waals surface area contributed by atoms with Gasteiger partial charge in [0.25, 0.3) is 0 Å². The van der Waals surface area contributed by atoms with Crippen LogP contribution < -0.4 is 10.6 Å². The molecule has 2 N–H and O–H groups in total. The van der Waals surface area contributed by atoms with Gasteiger partial charge < -0.3 is 10.6 Å². The first-order valence-corrected chi connectivity index (χ1v) is 9.34. The van der Waals surface area contributed by atoms with Crippen LogP contribution in [0.2, 0.25) is 0 Å². The lowest BCUT2D eigenvalue weighted by Crippen LogP contribution is -2.21. The molecular weight excluding hydrogens is 324 g/mol. The number of rotatable bonds is 4. The summed E-state index contributed by atoms with van der Waals surface area (Å²) in [7, 11) is 0. The number of thioether (sulfide) groups is 1. The minimum absolute atomic E-state index is 0.0214. The highest BCUT2D eigenvalue weighted by Crippen LogP contribution is 2.33. The van der Waals surface area contributed by atoms with Crippen molar-refractivity contribution in [3.63, 3.8) is 0 Å². The number of hydrogen-bond acceptors (Lipinski definition) is 6. The fourth-order valence-corrected chi connectivity index (χ4v) is 3.98. The van der Waals surface area contributed by atoms with Gasteiger partial charge in [-0.3, -0.25) is 9.48 Å². The first kappa shape index (κ1) is 15.4. The van der Waals surface area contributed by atoms with Gasteiger partial charge in [0.1, 0.15) is 17.0 Å². The molecule has 3 heterocycles. The van der Waals surface area contributed by atoms with Gasteiger partial charge in [-0.1, -0.05) is 31.0 Å². The number of amides is 1. The van der Waals surface area contributed by atoms with Gasteiger partial charge >= 0.3 is 0 Å². The normalized spacial score (nSPS) is 18.1. The zero-order chi connectivity index (χ0) is 16.4. The summed E-state index contributed by atoms with van der Waals surface area (Å²) in [6.45, 7) is 0.573. The van der Waals surface area contributed by atoms with Gasteiger partial charge in [-0.05, 0) is 18.9 Å². The van der Waals surface area contributed by atoms with Crippen LogP contribution in [0.15, 0.2) is 23.6 Å². The lowest BCUT2D eigenvalue weighted by molar-refractivity contribution is -0.113. The number of fused-ring (bicyclic) bond motifs is 1. The van der Waals surface area contributed by atoms with Crippen molar-refractivity contribution in [2.75, 3.05) is 16.4 Å². The molecular formula is C16H20N6OS. The Balaban J connectivity index is 1.44. The lowest BCUT2D eigenvalue weighted by atomic mass is 9.96. The second-order valence-corrected chi connectivity index (χ2v) is 7.14. The number of nitrogens with one attached hydrogen (secondary N) is 2. The first-order valence-electron chi connectivity index (χ1n) is 8.35. The highest BCUT2D eigenvalue weighted by Gasteiger charge is 2.21. The van der Waals surface area contributed by atoms with E-state index in [-0.39, 0.29) is 5.91 Å². The molecule has 0 bridgehead atoms. The molecule has 1 fully saturated rings. The van der Waals surface area contributed by atoms with E-state index in [2.05, 4.69) is 31.5 Å². The van der Waals surface area contributed by atoms with E-state index in [4.69, 9.17) is 5.10 Å². The summed E-state index contributed by atoms with van der Waals surface area (Å²) in [5.41, 5.74) is 1.65. The van der Waals surface area contributed by atoms with Gasteiger partial charge in [-0.2, -0.15) is 5.10 Å². The SMILES string of the molecule is O=C1CSc2ncnc(NCc3ccn(C4CCCCC4)n3)c2N1. The van der Waals surface area contributed by atoms with Gasteiger partial charge in [-0.15, -0.1) is 0 Å². The van der Waals surface area contributed by atoms with E-state index in [0.717, 1.165) is 10.7 Å². The zero-order valence-electron chi connectivity index (χ0n) is 13.4. The predicted molar refractivity (Wildman–Crippen MR) is 93.1 cm³/mol. The number of carbonyl (C=O) groups excluding carboxylic acids is 1. The summed E-state index contributed by atoms with van der Waals surface area (Å²) < 4.78 is 2.10. The Morgan fingerprint density at radius 2 is 2.17 bits per heavy atom. The molecule has 8 heteroatoms. The fraction of sp³-hybridized carbons (Fsp3) is 0.500. The molecule has 0 saturated heterocycles. The van der Waals surface area contributed by atoms with Gasteiger partial charge in [0.2, 0.25) is 5.91 Å². The average Bonchev–Trinajstić information content (AvgIpc) is 3.10. The van der Waals surface area contributed by atoms with Crippen LogP contribution >= 0.6 is 11.8 Å². The first-order chi connectivity index (χ1) is 11.8. The number of aromatic nitrogens is 4. The molecule has 126 valence electrons. The number of anilines is 2. The van der Waals surface area contributed by atoms with E-state index < -0.39 is 0 Å². The second kappa shape index (κ2) is 6.80. The average molecular weight is 344 g/mol. The lowest BCUT2D eigenvalue weighted by Gasteiger charge is -2.21. The molecule has 1 aliphatic heterocycles. The molecule has 2 aromatic rings. The summed E-state index contributed by atoms with van der Waals surface area (Å²) in [4.78, 5) is 20.1. The molecule has 0 spiro atoms. The Kier molecular flexibility index (Phi) is 4.38. The zero-order valence-corrected chi connectivity index (χ0v) is 14.2. The third-order valence-corrected chi connectivity index (χ3v) is 5.46. The van der Waals surface area contributed by atoms with E-state index in [1.165, 1.54) is 50.2 Å². The molecule has 2 aromatic heterocycles. The summed E-state index contributed by atoms with van der Waals surface area (Å²) in [5.74, 6) is 1.02. The molecule has 0 aromatic carbocycles. The minimum atomic E-state index is -0.0214. The standard InChI is InChI=1S/C16H20N6OS/c23-13-9-24-16-14(20-13)15(18-10-19-16)17-8-11-6-7-22(21-11)12-4-2-1-3-5-12/h6-7,10,12H,1-5,8-9H2,(H,20,23)(H,17,18,19). The van der Waals surface area contributed by atoms with Gasteiger partial charge in [0, 0.05) is 6.20 Å². The largest absolute Gasteiger partial charge is 0.362 e. The topological polar surface area (TPSA) is 84.7 Å². The van der Waals surface area contributed by atoms with Gasteiger partial charge in [-0.25, -0.2) is 9.97 Å². The highest BCUT2D eigenvalue weighted by molar-refractivity contribution is 8.00. The molecule has 0 radical (unpaired) electrons. The monoisotopic (exact) mass is 344 g/mol. The minimum Gasteiger partial charge on any atom is -0.362 e. The van der Waals surface area contributed by atoms with Crippen molar-refractivity contribution < 1.29 is 4.79 Å². The maximum absolute atomic E-state index is 11.6. The highest BCUT2D eigenvalue weighted by atomic mass is 32.2. The van der Waals surface area contributed by atoms with Crippen LogP contribution in [0.5, 0.6) is 0 Å². The molecule has 1 amide bonds. The Morgan fingerprint density at radius 1 is 1.29 bits per heavy atom. The molecule has 0 unspecified atom stereocenters. The fourth-order valence-electron chi connectivity index (χ4n) is 3.23. The number of hydrogen-bond donors (Lipinski definition) is 2. The van der Waals surface area contributed by atoms with Crippen molar-refractivity contribution >= 4 is 29.2 Å². The second-order valence-electron chi connectivity index (χ2n) is 6.17. The Hall–Kier alpha value is -2.09. The van der Waals surface area contributed by atoms with Crippen LogP contribution in [0.3, 0.4) is 0 Å². The van der Waals surface area contributed by atoms with Crippen molar-refractivity contribution in [3.8, 4) is 0 Å². The maximum atomic E-state index is 11.6. The van der Waals surface area contributed by atoms with Crippen molar-refractivity contribution in [2.24, 2.45) is 0 Å². The molecule has 24 heavy (non-hydrogen) atoms. The summed E-state index contributed by atoms with van der Waals surface area (Å²) >= 11 is 1.43. The molecule has 1 aliphatic carbocycles. The molecule has 0 atom stereocenters. The van der Waals surface area contributed by atoms with Gasteiger partial charge in [0.15, 0.2) is 5.82 Å². The Bertz CT molecular complexity index is 740. The van der Waals surface area contributed by atoms with Crippen LogP contribution in [0.25, 0.3) is 0 Å². The molecule has 7 nitrogen and oxygen atoms in total. The van der Waals surface area contributed by atoms with Crippen LogP contribution in [0.4, 0.5) is 11.5 Å². The Morgan fingerprint density at radius 3 is 3.04 bits per heavy atom.